The predicted octanol–water partition coefficient (Wildman–Crippen LogP) is 4.35. The Morgan fingerprint density at radius 2 is 1.53 bits per heavy atom. The van der Waals surface area contributed by atoms with Gasteiger partial charge in [-0.1, -0.05) is 19.1 Å². The molecule has 1 aromatic rings. The highest BCUT2D eigenvalue weighted by molar-refractivity contribution is 6.24. The van der Waals surface area contributed by atoms with Crippen molar-refractivity contribution < 1.29 is 19.1 Å². The minimum atomic E-state index is -0.0902. The van der Waals surface area contributed by atoms with Crippen LogP contribution in [0.4, 0.5) is 0 Å². The standard InChI is InChI=1S/C25H33NO4/c1-15(2)26-25(29)16(3)14-20-9-11-21(12-10-20)30-13-7-8-22-19(6)23(27)17(4)18(5)24(22)28/h9-12,15-16H,7-8,13-14H2,1-6H3,(H,26,29)/t16-/m0/s1. The fourth-order valence-corrected chi connectivity index (χ4v) is 3.49. The van der Waals surface area contributed by atoms with Crippen molar-refractivity contribution >= 4 is 17.5 Å². The molecule has 30 heavy (non-hydrogen) atoms. The van der Waals surface area contributed by atoms with Crippen LogP contribution in [0.1, 0.15) is 59.9 Å². The highest BCUT2D eigenvalue weighted by Gasteiger charge is 2.27. The van der Waals surface area contributed by atoms with E-state index in [4.69, 9.17) is 4.74 Å². The van der Waals surface area contributed by atoms with Crippen molar-refractivity contribution in [1.82, 2.24) is 5.32 Å². The summed E-state index contributed by atoms with van der Waals surface area (Å²) in [6.45, 7) is 11.5. The van der Waals surface area contributed by atoms with E-state index in [0.717, 1.165) is 11.3 Å². The van der Waals surface area contributed by atoms with Gasteiger partial charge in [0.05, 0.1) is 6.61 Å². The number of hydrogen-bond acceptors (Lipinski definition) is 4. The summed E-state index contributed by atoms with van der Waals surface area (Å²) < 4.78 is 5.79. The maximum Gasteiger partial charge on any atom is 0.223 e. The van der Waals surface area contributed by atoms with Crippen molar-refractivity contribution in [2.45, 2.75) is 66.8 Å². The molecular formula is C25H33NO4. The molecule has 0 saturated heterocycles. The molecule has 1 aromatic carbocycles. The fraction of sp³-hybridized carbons (Fsp3) is 0.480. The molecule has 5 heteroatoms. The van der Waals surface area contributed by atoms with E-state index >= 15 is 0 Å². The maximum atomic E-state index is 12.5. The minimum Gasteiger partial charge on any atom is -0.494 e. The molecule has 0 saturated carbocycles. The Labute approximate surface area is 179 Å². The van der Waals surface area contributed by atoms with Crippen LogP contribution in [0.3, 0.4) is 0 Å². The molecule has 0 heterocycles. The van der Waals surface area contributed by atoms with Crippen molar-refractivity contribution in [2.75, 3.05) is 6.61 Å². The second-order valence-electron chi connectivity index (χ2n) is 8.38. The first-order valence-corrected chi connectivity index (χ1v) is 10.6. The molecular weight excluding hydrogens is 378 g/mol. The van der Waals surface area contributed by atoms with E-state index in [1.807, 2.05) is 45.0 Å². The molecule has 0 spiro atoms. The number of benzene rings is 1. The zero-order valence-corrected chi connectivity index (χ0v) is 18.9. The van der Waals surface area contributed by atoms with Crippen molar-refractivity contribution in [2.24, 2.45) is 5.92 Å². The number of ketones is 2. The normalized spacial score (nSPS) is 15.7. The molecule has 0 radical (unpaired) electrons. The highest BCUT2D eigenvalue weighted by atomic mass is 16.5. The van der Waals surface area contributed by atoms with E-state index in [9.17, 15) is 14.4 Å². The van der Waals surface area contributed by atoms with Crippen LogP contribution in [0.25, 0.3) is 0 Å². The van der Waals surface area contributed by atoms with E-state index in [0.29, 0.717) is 48.2 Å². The van der Waals surface area contributed by atoms with E-state index in [-0.39, 0.29) is 29.4 Å². The molecule has 5 nitrogen and oxygen atoms in total. The number of rotatable bonds is 9. The van der Waals surface area contributed by atoms with Gasteiger partial charge in [-0.25, -0.2) is 0 Å². The fourth-order valence-electron chi connectivity index (χ4n) is 3.49. The first kappa shape index (κ1) is 23.6. The molecule has 0 fully saturated rings. The van der Waals surface area contributed by atoms with Crippen molar-refractivity contribution in [3.05, 3.63) is 52.1 Å². The lowest BCUT2D eigenvalue weighted by Gasteiger charge is -2.18. The van der Waals surface area contributed by atoms with Gasteiger partial charge in [-0.3, -0.25) is 14.4 Å². The van der Waals surface area contributed by atoms with Crippen LogP contribution in [0.2, 0.25) is 0 Å². The van der Waals surface area contributed by atoms with Gasteiger partial charge in [-0.15, -0.1) is 0 Å². The quantitative estimate of drug-likeness (QED) is 0.484. The third kappa shape index (κ3) is 5.91. The SMILES string of the molecule is CC1=C(C)C(=O)C(CCCOc2ccc(C[C@H](C)C(=O)NC(C)C)cc2)=C(C)C1=O. The number of Topliss-reactive ketones (excluding diaryl/α,β-unsaturated/α-hetero) is 2. The summed E-state index contributed by atoms with van der Waals surface area (Å²) in [7, 11) is 0. The third-order valence-electron chi connectivity index (χ3n) is 5.49. The summed E-state index contributed by atoms with van der Waals surface area (Å²) in [6, 6.07) is 7.89. The molecule has 0 bridgehead atoms. The van der Waals surface area contributed by atoms with Crippen LogP contribution < -0.4 is 10.1 Å². The van der Waals surface area contributed by atoms with Crippen molar-refractivity contribution in [3.8, 4) is 5.75 Å². The molecule has 0 unspecified atom stereocenters. The van der Waals surface area contributed by atoms with Gasteiger partial charge in [-0.2, -0.15) is 0 Å². The zero-order chi connectivity index (χ0) is 22.4. The number of hydrogen-bond donors (Lipinski definition) is 1. The average Bonchev–Trinajstić information content (AvgIpc) is 2.71. The van der Waals surface area contributed by atoms with Gasteiger partial charge in [0.2, 0.25) is 5.91 Å². The summed E-state index contributed by atoms with van der Waals surface area (Å²) in [5.41, 5.74) is 3.35. The summed E-state index contributed by atoms with van der Waals surface area (Å²) in [5.74, 6) is 0.666. The number of nitrogens with one attached hydrogen (secondary N) is 1. The average molecular weight is 412 g/mol. The van der Waals surface area contributed by atoms with Gasteiger partial charge >= 0.3 is 0 Å². The van der Waals surface area contributed by atoms with E-state index in [2.05, 4.69) is 5.32 Å². The number of amides is 1. The molecule has 1 N–H and O–H groups in total. The summed E-state index contributed by atoms with van der Waals surface area (Å²) in [4.78, 5) is 36.7. The molecule has 0 aliphatic heterocycles. The van der Waals surface area contributed by atoms with Crippen LogP contribution in [-0.4, -0.2) is 30.1 Å². The number of allylic oxidation sites excluding steroid dienone is 4. The Morgan fingerprint density at radius 1 is 0.933 bits per heavy atom. The molecule has 1 aliphatic rings. The Balaban J connectivity index is 1.83. The van der Waals surface area contributed by atoms with Crippen LogP contribution >= 0.6 is 0 Å². The Bertz CT molecular complexity index is 875. The lowest BCUT2D eigenvalue weighted by Crippen LogP contribution is -2.35. The first-order valence-electron chi connectivity index (χ1n) is 10.6. The lowest BCUT2D eigenvalue weighted by molar-refractivity contribution is -0.125. The van der Waals surface area contributed by atoms with Crippen molar-refractivity contribution in [1.29, 1.82) is 0 Å². The number of carbonyl (C=O) groups is 3. The van der Waals surface area contributed by atoms with Gasteiger partial charge in [0.15, 0.2) is 11.6 Å². The molecule has 162 valence electrons. The highest BCUT2D eigenvalue weighted by Crippen LogP contribution is 2.27. The van der Waals surface area contributed by atoms with Gasteiger partial charge in [0, 0.05) is 34.3 Å². The third-order valence-corrected chi connectivity index (χ3v) is 5.49. The monoisotopic (exact) mass is 411 g/mol. The van der Waals surface area contributed by atoms with Gasteiger partial charge < -0.3 is 10.1 Å². The van der Waals surface area contributed by atoms with E-state index in [1.54, 1.807) is 20.8 Å². The summed E-state index contributed by atoms with van der Waals surface area (Å²) in [5, 5.41) is 2.93. The van der Waals surface area contributed by atoms with E-state index in [1.165, 1.54) is 0 Å². The van der Waals surface area contributed by atoms with E-state index < -0.39 is 0 Å². The molecule has 0 aromatic heterocycles. The van der Waals surface area contributed by atoms with Crippen LogP contribution in [0.15, 0.2) is 46.6 Å². The lowest BCUT2D eigenvalue weighted by atomic mass is 9.84. The Hall–Kier alpha value is -2.69. The topological polar surface area (TPSA) is 72.5 Å². The Morgan fingerprint density at radius 3 is 2.13 bits per heavy atom. The van der Waals surface area contributed by atoms with Gasteiger partial charge in [0.1, 0.15) is 5.75 Å². The molecule has 1 atom stereocenters. The predicted molar refractivity (Wildman–Crippen MR) is 118 cm³/mol. The zero-order valence-electron chi connectivity index (χ0n) is 18.9. The second-order valence-corrected chi connectivity index (χ2v) is 8.38. The van der Waals surface area contributed by atoms with Gasteiger partial charge in [-0.05, 0) is 71.6 Å². The molecule has 2 rings (SSSR count). The number of carbonyl (C=O) groups excluding carboxylic acids is 3. The van der Waals surface area contributed by atoms with Crippen LogP contribution in [-0.2, 0) is 20.8 Å². The maximum absolute atomic E-state index is 12.5. The van der Waals surface area contributed by atoms with Crippen LogP contribution in [0, 0.1) is 5.92 Å². The summed E-state index contributed by atoms with van der Waals surface area (Å²) >= 11 is 0. The summed E-state index contributed by atoms with van der Waals surface area (Å²) in [6.07, 6.45) is 1.86. The Kier molecular flexibility index (Phi) is 8.16. The molecule has 1 amide bonds. The second kappa shape index (κ2) is 10.4. The van der Waals surface area contributed by atoms with Gasteiger partial charge in [0.25, 0.3) is 0 Å². The van der Waals surface area contributed by atoms with Crippen molar-refractivity contribution in [3.63, 3.8) is 0 Å². The largest absolute Gasteiger partial charge is 0.494 e. The molecule has 1 aliphatic carbocycles. The van der Waals surface area contributed by atoms with Crippen LogP contribution in [0.5, 0.6) is 5.75 Å². The smallest absolute Gasteiger partial charge is 0.223 e. The first-order chi connectivity index (χ1) is 14.1. The minimum absolute atomic E-state index is 0.0235. The number of ether oxygens (including phenoxy) is 1.